The Morgan fingerprint density at radius 2 is 1.83 bits per heavy atom. The fourth-order valence-corrected chi connectivity index (χ4v) is 3.73. The summed E-state index contributed by atoms with van der Waals surface area (Å²) in [5.74, 6) is -1.62. The molecule has 10 heteroatoms. The summed E-state index contributed by atoms with van der Waals surface area (Å²) in [4.78, 5) is 50.8. The summed E-state index contributed by atoms with van der Waals surface area (Å²) in [5.41, 5.74) is 0.773. The van der Waals surface area contributed by atoms with Crippen LogP contribution >= 0.6 is 0 Å². The standard InChI is InChI=1S/C20H24N2O8/c23-10-16-6-3-14(9-17(16)22(27)28)12-29-11-13-1-4-15(5-2-13)20(26)30-21-18(24)7-8-19(21)25/h3,6,9,13,15,23H,1-2,4-5,7-8,10-12H2. The van der Waals surface area contributed by atoms with Crippen molar-refractivity contribution in [1.29, 1.82) is 0 Å². The number of rotatable bonds is 8. The monoisotopic (exact) mass is 420 g/mol. The average molecular weight is 420 g/mol. The van der Waals surface area contributed by atoms with Crippen LogP contribution in [0.2, 0.25) is 0 Å². The van der Waals surface area contributed by atoms with Crippen molar-refractivity contribution >= 4 is 23.5 Å². The first-order valence-electron chi connectivity index (χ1n) is 9.91. The average Bonchev–Trinajstić information content (AvgIpc) is 3.06. The maximum absolute atomic E-state index is 12.2. The van der Waals surface area contributed by atoms with Crippen LogP contribution in [0.25, 0.3) is 0 Å². The zero-order valence-corrected chi connectivity index (χ0v) is 16.5. The highest BCUT2D eigenvalue weighted by molar-refractivity contribution is 6.01. The van der Waals surface area contributed by atoms with Gasteiger partial charge in [-0.15, -0.1) is 5.06 Å². The van der Waals surface area contributed by atoms with Gasteiger partial charge in [0.1, 0.15) is 0 Å². The number of aliphatic hydroxyl groups is 1. The summed E-state index contributed by atoms with van der Waals surface area (Å²) in [6.45, 7) is 0.275. The number of hydrogen-bond acceptors (Lipinski definition) is 8. The third-order valence-electron chi connectivity index (χ3n) is 5.51. The Labute approximate surface area is 172 Å². The minimum atomic E-state index is -0.547. The SMILES string of the molecule is O=C(ON1C(=O)CCC1=O)C1CCC(COCc2ccc(CO)c([N+](=O)[O-])c2)CC1. The van der Waals surface area contributed by atoms with Gasteiger partial charge in [-0.1, -0.05) is 6.07 Å². The first kappa shape index (κ1) is 21.8. The number of amides is 2. The number of carbonyl (C=O) groups excluding carboxylic acids is 3. The van der Waals surface area contributed by atoms with Gasteiger partial charge in [-0.3, -0.25) is 19.7 Å². The van der Waals surface area contributed by atoms with Crippen LogP contribution in [0.15, 0.2) is 18.2 Å². The molecule has 30 heavy (non-hydrogen) atoms. The number of benzene rings is 1. The van der Waals surface area contributed by atoms with E-state index in [9.17, 15) is 24.5 Å². The molecule has 1 aromatic rings. The molecule has 0 radical (unpaired) electrons. The topological polar surface area (TPSA) is 136 Å². The maximum atomic E-state index is 12.2. The minimum absolute atomic E-state index is 0.0715. The zero-order chi connectivity index (χ0) is 21.7. The van der Waals surface area contributed by atoms with Gasteiger partial charge in [0.2, 0.25) is 0 Å². The molecule has 1 aliphatic heterocycles. The van der Waals surface area contributed by atoms with Gasteiger partial charge in [0.25, 0.3) is 17.5 Å². The summed E-state index contributed by atoms with van der Waals surface area (Å²) in [6.07, 6.45) is 2.79. The van der Waals surface area contributed by atoms with Gasteiger partial charge in [0.15, 0.2) is 0 Å². The molecule has 2 fully saturated rings. The lowest BCUT2D eigenvalue weighted by Gasteiger charge is -2.27. The number of nitrogens with zero attached hydrogens (tertiary/aromatic N) is 2. The van der Waals surface area contributed by atoms with Crippen molar-refractivity contribution in [2.24, 2.45) is 11.8 Å². The molecule has 1 aliphatic carbocycles. The number of ether oxygens (including phenoxy) is 1. The first-order chi connectivity index (χ1) is 14.4. The molecule has 3 rings (SSSR count). The van der Waals surface area contributed by atoms with Gasteiger partial charge >= 0.3 is 5.97 Å². The van der Waals surface area contributed by atoms with E-state index in [0.29, 0.717) is 30.1 Å². The van der Waals surface area contributed by atoms with E-state index >= 15 is 0 Å². The first-order valence-corrected chi connectivity index (χ1v) is 9.91. The molecule has 1 saturated carbocycles. The van der Waals surface area contributed by atoms with Crippen molar-refractivity contribution in [3.8, 4) is 0 Å². The Morgan fingerprint density at radius 3 is 2.43 bits per heavy atom. The van der Waals surface area contributed by atoms with Crippen LogP contribution in [0.5, 0.6) is 0 Å². The molecule has 0 bridgehead atoms. The Hall–Kier alpha value is -2.85. The van der Waals surface area contributed by atoms with E-state index in [1.165, 1.54) is 12.1 Å². The van der Waals surface area contributed by atoms with E-state index in [0.717, 1.165) is 12.8 Å². The lowest BCUT2D eigenvalue weighted by Crippen LogP contribution is -2.36. The highest BCUT2D eigenvalue weighted by Crippen LogP contribution is 2.31. The Bertz CT molecular complexity index is 816. The summed E-state index contributed by atoms with van der Waals surface area (Å²) in [5, 5.41) is 20.8. The van der Waals surface area contributed by atoms with Crippen molar-refractivity contribution in [1.82, 2.24) is 5.06 Å². The number of carbonyl (C=O) groups is 3. The van der Waals surface area contributed by atoms with E-state index in [-0.39, 0.29) is 42.5 Å². The molecular formula is C20H24N2O8. The lowest BCUT2D eigenvalue weighted by molar-refractivity contribution is -0.385. The molecule has 2 amide bonds. The van der Waals surface area contributed by atoms with Gasteiger partial charge in [-0.25, -0.2) is 4.79 Å². The van der Waals surface area contributed by atoms with Crippen LogP contribution in [-0.2, 0) is 37.2 Å². The maximum Gasteiger partial charge on any atom is 0.336 e. The third kappa shape index (κ3) is 5.19. The van der Waals surface area contributed by atoms with Crippen LogP contribution in [0.4, 0.5) is 5.69 Å². The molecular weight excluding hydrogens is 396 g/mol. The van der Waals surface area contributed by atoms with E-state index in [2.05, 4.69) is 0 Å². The number of nitro benzene ring substituents is 1. The second-order valence-electron chi connectivity index (χ2n) is 7.60. The summed E-state index contributed by atoms with van der Waals surface area (Å²) >= 11 is 0. The third-order valence-corrected chi connectivity index (χ3v) is 5.51. The molecule has 2 aliphatic rings. The smallest absolute Gasteiger partial charge is 0.336 e. The molecule has 1 saturated heterocycles. The minimum Gasteiger partial charge on any atom is -0.391 e. The van der Waals surface area contributed by atoms with E-state index in [1.807, 2.05) is 0 Å². The quantitative estimate of drug-likeness (QED) is 0.383. The highest BCUT2D eigenvalue weighted by Gasteiger charge is 2.36. The second-order valence-corrected chi connectivity index (χ2v) is 7.60. The molecule has 10 nitrogen and oxygen atoms in total. The van der Waals surface area contributed by atoms with Crippen LogP contribution in [0.1, 0.15) is 49.7 Å². The van der Waals surface area contributed by atoms with Crippen molar-refractivity contribution < 1.29 is 34.0 Å². The Morgan fingerprint density at radius 1 is 1.17 bits per heavy atom. The molecule has 0 spiro atoms. The number of aliphatic hydroxyl groups excluding tert-OH is 1. The lowest BCUT2D eigenvalue weighted by atomic mass is 9.82. The van der Waals surface area contributed by atoms with E-state index < -0.39 is 29.3 Å². The van der Waals surface area contributed by atoms with Gasteiger partial charge in [0.05, 0.1) is 29.6 Å². The van der Waals surface area contributed by atoms with Crippen LogP contribution in [0.3, 0.4) is 0 Å². The van der Waals surface area contributed by atoms with Gasteiger partial charge in [0, 0.05) is 25.5 Å². The van der Waals surface area contributed by atoms with Gasteiger partial charge < -0.3 is 14.7 Å². The molecule has 0 atom stereocenters. The van der Waals surface area contributed by atoms with Gasteiger partial charge in [-0.05, 0) is 43.2 Å². The normalized spacial score (nSPS) is 21.7. The fourth-order valence-electron chi connectivity index (χ4n) is 3.73. The molecule has 162 valence electrons. The van der Waals surface area contributed by atoms with Gasteiger partial charge in [-0.2, -0.15) is 0 Å². The van der Waals surface area contributed by atoms with Crippen LogP contribution in [0, 0.1) is 22.0 Å². The number of hydroxylamine groups is 2. The predicted octanol–water partition coefficient (Wildman–Crippen LogP) is 2.02. The number of hydrogen-bond donors (Lipinski definition) is 1. The highest BCUT2D eigenvalue weighted by atomic mass is 16.7. The molecule has 0 aromatic heterocycles. The summed E-state index contributed by atoms with van der Waals surface area (Å²) in [6, 6.07) is 4.61. The molecule has 1 aromatic carbocycles. The Kier molecular flexibility index (Phi) is 7.11. The largest absolute Gasteiger partial charge is 0.391 e. The predicted molar refractivity (Wildman–Crippen MR) is 101 cm³/mol. The van der Waals surface area contributed by atoms with Crippen LogP contribution in [-0.4, -0.2) is 39.5 Å². The van der Waals surface area contributed by atoms with Crippen LogP contribution < -0.4 is 0 Å². The molecule has 1 heterocycles. The number of imide groups is 1. The van der Waals surface area contributed by atoms with E-state index in [1.54, 1.807) is 6.07 Å². The molecule has 0 unspecified atom stereocenters. The van der Waals surface area contributed by atoms with Crippen molar-refractivity contribution in [2.45, 2.75) is 51.7 Å². The van der Waals surface area contributed by atoms with E-state index in [4.69, 9.17) is 14.7 Å². The summed E-state index contributed by atoms with van der Waals surface area (Å²) < 4.78 is 5.70. The van der Waals surface area contributed by atoms with Crippen molar-refractivity contribution in [3.63, 3.8) is 0 Å². The fraction of sp³-hybridized carbons (Fsp3) is 0.550. The second kappa shape index (κ2) is 9.77. The summed E-state index contributed by atoms with van der Waals surface area (Å²) in [7, 11) is 0. The molecule has 1 N–H and O–H groups in total. The van der Waals surface area contributed by atoms with Crippen molar-refractivity contribution in [2.75, 3.05) is 6.61 Å². The van der Waals surface area contributed by atoms with Crippen molar-refractivity contribution in [3.05, 3.63) is 39.4 Å². The zero-order valence-electron chi connectivity index (χ0n) is 16.5. The Balaban J connectivity index is 1.41. The number of nitro groups is 1.